The van der Waals surface area contributed by atoms with Crippen molar-refractivity contribution in [3.63, 3.8) is 0 Å². The number of aliphatic hydroxyl groups is 1. The summed E-state index contributed by atoms with van der Waals surface area (Å²) in [4.78, 5) is 0. The van der Waals surface area contributed by atoms with E-state index in [2.05, 4.69) is 13.8 Å². The van der Waals surface area contributed by atoms with Gasteiger partial charge in [-0.2, -0.15) is 0 Å². The van der Waals surface area contributed by atoms with Gasteiger partial charge in [-0.3, -0.25) is 0 Å². The van der Waals surface area contributed by atoms with E-state index >= 15 is 0 Å². The van der Waals surface area contributed by atoms with E-state index in [0.717, 1.165) is 13.0 Å². The molecule has 0 saturated heterocycles. The summed E-state index contributed by atoms with van der Waals surface area (Å²) in [6, 6.07) is 0. The summed E-state index contributed by atoms with van der Waals surface area (Å²) in [5.41, 5.74) is 0. The third-order valence-corrected chi connectivity index (χ3v) is 2.00. The van der Waals surface area contributed by atoms with Gasteiger partial charge in [-0.15, -0.1) is 0 Å². The van der Waals surface area contributed by atoms with E-state index in [0.29, 0.717) is 12.7 Å². The van der Waals surface area contributed by atoms with Crippen LogP contribution in [0.1, 0.15) is 52.4 Å². The summed E-state index contributed by atoms with van der Waals surface area (Å²) in [5.74, 6) is 0. The smallest absolute Gasteiger partial charge is 0.0518 e. The molecule has 3 heteroatoms. The van der Waals surface area contributed by atoms with Crippen LogP contribution in [-0.4, -0.2) is 24.4 Å². The normalized spacial score (nSPS) is 10.3. The number of aliphatic hydroxyl groups excluding tert-OH is 1. The van der Waals surface area contributed by atoms with Gasteiger partial charge in [-0.1, -0.05) is 25.7 Å². The Morgan fingerprint density at radius 3 is 1.93 bits per heavy atom. The molecule has 0 aromatic carbocycles. The summed E-state index contributed by atoms with van der Waals surface area (Å²) < 4.78 is 5.43. The van der Waals surface area contributed by atoms with E-state index in [1.54, 1.807) is 0 Å². The molecular weight excluding hydrogens is 212 g/mol. The fraction of sp³-hybridized carbons (Fsp3) is 1.00. The molecule has 0 radical (unpaired) electrons. The molecule has 0 unspecified atom stereocenters. The predicted octanol–water partition coefficient (Wildman–Crippen LogP) is 2.74. The summed E-state index contributed by atoms with van der Waals surface area (Å²) in [5, 5.41) is 8.55. The number of unbranched alkanes of at least 4 members (excludes halogenated alkanes) is 5. The second-order valence-corrected chi connectivity index (χ2v) is 3.76. The number of hydrogen-bond donors (Lipinski definition) is 1. The van der Waals surface area contributed by atoms with Crippen molar-refractivity contribution < 1.29 is 31.6 Å². The van der Waals surface area contributed by atoms with Crippen LogP contribution < -0.4 is 0 Å². The number of ether oxygens (including phenoxy) is 1. The molecule has 0 spiro atoms. The molecule has 84 valence electrons. The second kappa shape index (κ2) is 13.6. The van der Waals surface area contributed by atoms with Crippen LogP contribution in [0.3, 0.4) is 0 Å². The van der Waals surface area contributed by atoms with Crippen molar-refractivity contribution in [2.75, 3.05) is 13.2 Å². The monoisotopic (exact) mass is 236 g/mol. The standard InChI is InChI=1S/C11H24O2.Ti/c1-11(2)13-10-8-6-4-3-5-7-9-12;/h11-12H,3-10H2,1-2H3;. The molecule has 0 aromatic heterocycles. The van der Waals surface area contributed by atoms with Crippen LogP contribution in [0.2, 0.25) is 0 Å². The molecular formula is C11H24O2Ti. The zero-order valence-electron chi connectivity index (χ0n) is 9.59. The van der Waals surface area contributed by atoms with Crippen molar-refractivity contribution in [3.8, 4) is 0 Å². The SMILES string of the molecule is CC(C)OCCCCCCCCO.[Ti]. The third-order valence-electron chi connectivity index (χ3n) is 2.00. The van der Waals surface area contributed by atoms with E-state index in [-0.39, 0.29) is 21.7 Å². The average Bonchev–Trinajstić information content (AvgIpc) is 2.09. The summed E-state index contributed by atoms with van der Waals surface area (Å²) >= 11 is 0. The molecule has 2 nitrogen and oxygen atoms in total. The molecule has 0 aromatic rings. The fourth-order valence-electron chi connectivity index (χ4n) is 1.24. The Morgan fingerprint density at radius 2 is 1.43 bits per heavy atom. The molecule has 14 heavy (non-hydrogen) atoms. The van der Waals surface area contributed by atoms with Crippen molar-refractivity contribution in [1.29, 1.82) is 0 Å². The quantitative estimate of drug-likeness (QED) is 0.492. The molecule has 0 amide bonds. The van der Waals surface area contributed by atoms with Gasteiger partial charge < -0.3 is 9.84 Å². The van der Waals surface area contributed by atoms with Gasteiger partial charge in [0.2, 0.25) is 0 Å². The molecule has 0 atom stereocenters. The van der Waals surface area contributed by atoms with Crippen LogP contribution in [0.4, 0.5) is 0 Å². The van der Waals surface area contributed by atoms with Crippen LogP contribution in [0.25, 0.3) is 0 Å². The van der Waals surface area contributed by atoms with E-state index in [1.165, 1.54) is 32.1 Å². The first-order valence-electron chi connectivity index (χ1n) is 5.50. The van der Waals surface area contributed by atoms with Crippen LogP contribution in [-0.2, 0) is 26.5 Å². The van der Waals surface area contributed by atoms with Crippen LogP contribution in [0.5, 0.6) is 0 Å². The summed E-state index contributed by atoms with van der Waals surface area (Å²) in [6.45, 7) is 5.39. The Balaban J connectivity index is 0. The first-order chi connectivity index (χ1) is 6.27. The minimum absolute atomic E-state index is 0. The Kier molecular flexibility index (Phi) is 16.6. The first-order valence-corrected chi connectivity index (χ1v) is 5.50. The zero-order valence-corrected chi connectivity index (χ0v) is 11.2. The third kappa shape index (κ3) is 15.1. The van der Waals surface area contributed by atoms with Crippen LogP contribution >= 0.6 is 0 Å². The topological polar surface area (TPSA) is 29.5 Å². The van der Waals surface area contributed by atoms with Crippen LogP contribution in [0.15, 0.2) is 0 Å². The van der Waals surface area contributed by atoms with Crippen LogP contribution in [0, 0.1) is 0 Å². The van der Waals surface area contributed by atoms with Gasteiger partial charge in [0.15, 0.2) is 0 Å². The van der Waals surface area contributed by atoms with E-state index in [4.69, 9.17) is 9.84 Å². The average molecular weight is 236 g/mol. The molecule has 0 heterocycles. The van der Waals surface area contributed by atoms with Crippen molar-refractivity contribution in [3.05, 3.63) is 0 Å². The largest absolute Gasteiger partial charge is 0.396 e. The van der Waals surface area contributed by atoms with Gasteiger partial charge in [0.1, 0.15) is 0 Å². The molecule has 0 aliphatic rings. The van der Waals surface area contributed by atoms with Gasteiger partial charge in [-0.25, -0.2) is 0 Å². The van der Waals surface area contributed by atoms with Gasteiger partial charge >= 0.3 is 0 Å². The second-order valence-electron chi connectivity index (χ2n) is 3.76. The summed E-state index contributed by atoms with van der Waals surface area (Å²) in [6.07, 6.45) is 7.47. The van der Waals surface area contributed by atoms with E-state index < -0.39 is 0 Å². The minimum Gasteiger partial charge on any atom is -0.396 e. The van der Waals surface area contributed by atoms with Crippen molar-refractivity contribution in [2.24, 2.45) is 0 Å². The molecule has 0 saturated carbocycles. The van der Waals surface area contributed by atoms with Crippen molar-refractivity contribution in [2.45, 2.75) is 58.5 Å². The molecule has 0 aliphatic carbocycles. The minimum atomic E-state index is 0. The Hall–Kier alpha value is 0.634. The van der Waals surface area contributed by atoms with Crippen molar-refractivity contribution in [1.82, 2.24) is 0 Å². The number of rotatable bonds is 9. The molecule has 0 bridgehead atoms. The van der Waals surface area contributed by atoms with Crippen molar-refractivity contribution >= 4 is 0 Å². The summed E-state index contributed by atoms with van der Waals surface area (Å²) in [7, 11) is 0. The molecule has 0 rings (SSSR count). The maximum atomic E-state index is 8.55. The Morgan fingerprint density at radius 1 is 0.929 bits per heavy atom. The van der Waals surface area contributed by atoms with Gasteiger partial charge in [0, 0.05) is 34.9 Å². The van der Waals surface area contributed by atoms with E-state index in [9.17, 15) is 0 Å². The number of hydrogen-bond acceptors (Lipinski definition) is 2. The van der Waals surface area contributed by atoms with E-state index in [1.807, 2.05) is 0 Å². The fourth-order valence-corrected chi connectivity index (χ4v) is 1.24. The Labute approximate surface area is 103 Å². The molecule has 1 N–H and O–H groups in total. The molecule has 0 fully saturated rings. The van der Waals surface area contributed by atoms with Gasteiger partial charge in [0.05, 0.1) is 6.10 Å². The first kappa shape index (κ1) is 17.0. The maximum Gasteiger partial charge on any atom is 0.0518 e. The molecule has 0 aliphatic heterocycles. The maximum absolute atomic E-state index is 8.55. The Bertz CT molecular complexity index is 97.3. The predicted molar refractivity (Wildman–Crippen MR) is 55.9 cm³/mol. The van der Waals surface area contributed by atoms with Gasteiger partial charge in [-0.05, 0) is 26.7 Å². The zero-order chi connectivity index (χ0) is 9.94. The van der Waals surface area contributed by atoms with Gasteiger partial charge in [0.25, 0.3) is 0 Å².